The molecule has 0 saturated heterocycles. The normalized spacial score (nSPS) is 21.3. The lowest BCUT2D eigenvalue weighted by atomic mass is 10.5. The number of aliphatic hydroxyl groups excluding tert-OH is 1. The third-order valence-electron chi connectivity index (χ3n) is 0.574. The van der Waals surface area contributed by atoms with Gasteiger partial charge in [0.25, 0.3) is 1.43 Å². The Bertz CT molecular complexity index is 92.9. The fourth-order valence-corrected chi connectivity index (χ4v) is 0.296. The van der Waals surface area contributed by atoms with Gasteiger partial charge in [-0.2, -0.15) is 0 Å². The molecular weight excluding hydrogens is 82.0 g/mol. The van der Waals surface area contributed by atoms with Crippen molar-refractivity contribution in [2.75, 3.05) is 6.61 Å². The largest absolute Gasteiger partial charge is 0.494 e. The van der Waals surface area contributed by atoms with E-state index in [0.29, 0.717) is 18.9 Å². The summed E-state index contributed by atoms with van der Waals surface area (Å²) in [5.41, 5.74) is 0. The van der Waals surface area contributed by atoms with Crippen molar-refractivity contribution >= 4 is 5.90 Å². The zero-order valence-corrected chi connectivity index (χ0v) is 3.18. The number of hydrogen-bond acceptors (Lipinski definition) is 3. The highest BCUT2D eigenvalue weighted by Crippen LogP contribution is 1.94. The zero-order chi connectivity index (χ0) is 5.11. The topological polar surface area (TPSA) is 41.8 Å². The van der Waals surface area contributed by atoms with Gasteiger partial charge in [-0.3, -0.25) is 0 Å². The van der Waals surface area contributed by atoms with Gasteiger partial charge in [-0.05, 0) is 0 Å². The van der Waals surface area contributed by atoms with Crippen LogP contribution in [0, 0.1) is 0 Å². The van der Waals surface area contributed by atoms with Crippen LogP contribution in [0.1, 0.15) is 6.42 Å². The van der Waals surface area contributed by atoms with Crippen LogP contribution in [0.3, 0.4) is 0 Å². The first-order chi connectivity index (χ1) is 3.43. The van der Waals surface area contributed by atoms with Crippen LogP contribution in [0.2, 0.25) is 0 Å². The van der Waals surface area contributed by atoms with E-state index in [4.69, 9.17) is 1.43 Å². The first-order valence-corrected chi connectivity index (χ1v) is 1.75. The van der Waals surface area contributed by atoms with Crippen molar-refractivity contribution in [3.05, 3.63) is 0 Å². The first-order valence-electron chi connectivity index (χ1n) is 2.16. The molecule has 0 unspecified atom stereocenters. The van der Waals surface area contributed by atoms with Crippen LogP contribution in [0.5, 0.6) is 0 Å². The molecule has 0 saturated carbocycles. The molecule has 0 radical (unpaired) electrons. The summed E-state index contributed by atoms with van der Waals surface area (Å²) < 4.78 is 6.29. The molecular formula is C3H5NO2. The average molecular weight is 88.1 g/mol. The van der Waals surface area contributed by atoms with Crippen LogP contribution in [0.25, 0.3) is 1.43 Å². The molecule has 1 N–H and O–H groups in total. The molecule has 0 atom stereocenters. The Morgan fingerprint density at radius 3 is 3.50 bits per heavy atom. The highest BCUT2D eigenvalue weighted by molar-refractivity contribution is 5.74. The molecule has 0 bridgehead atoms. The summed E-state index contributed by atoms with van der Waals surface area (Å²) in [5.74, 6) is 0.361. The lowest BCUT2D eigenvalue weighted by Gasteiger charge is -1.74. The van der Waals surface area contributed by atoms with E-state index in [2.05, 4.69) is 15.1 Å². The van der Waals surface area contributed by atoms with Gasteiger partial charge in [0.2, 0.25) is 5.90 Å². The Hall–Kier alpha value is -0.730. The maximum atomic E-state index is 6.29. The molecule has 0 aromatic heterocycles. The molecule has 3 heteroatoms. The van der Waals surface area contributed by atoms with E-state index in [1.807, 2.05) is 0 Å². The second kappa shape index (κ2) is 1.16. The summed E-state index contributed by atoms with van der Waals surface area (Å²) in [4.78, 5) is 4.49. The lowest BCUT2D eigenvalue weighted by Crippen LogP contribution is -1.87. The maximum Gasteiger partial charge on any atom is 0.295 e. The second-order valence-corrected chi connectivity index (χ2v) is 1.07. The Balaban J connectivity index is 2.36. The number of oxime groups is 1. The van der Waals surface area contributed by atoms with Gasteiger partial charge in [0.05, 0.1) is 6.42 Å². The Morgan fingerprint density at radius 2 is 3.17 bits per heavy atom. The maximum absolute atomic E-state index is 6.29. The third-order valence-corrected chi connectivity index (χ3v) is 0.574. The van der Waals surface area contributed by atoms with Gasteiger partial charge < -0.3 is 9.95 Å². The van der Waals surface area contributed by atoms with Crippen LogP contribution in [-0.2, 0) is 4.84 Å². The highest BCUT2D eigenvalue weighted by atomic mass is 16.6. The van der Waals surface area contributed by atoms with E-state index in [1.54, 1.807) is 0 Å². The van der Waals surface area contributed by atoms with Gasteiger partial charge in [-0.1, -0.05) is 5.16 Å². The number of nitrogens with zero attached hydrogens (tertiary/aromatic N) is 1. The fourth-order valence-electron chi connectivity index (χ4n) is 0.296. The van der Waals surface area contributed by atoms with Crippen molar-refractivity contribution in [2.45, 2.75) is 6.42 Å². The molecule has 34 valence electrons. The van der Waals surface area contributed by atoms with E-state index in [0.717, 1.165) is 0 Å². The van der Waals surface area contributed by atoms with Crippen LogP contribution >= 0.6 is 0 Å². The summed E-state index contributed by atoms with van der Waals surface area (Å²) in [6, 6.07) is 0. The zero-order valence-electron chi connectivity index (χ0n) is 4.18. The Kier molecular flexibility index (Phi) is 0.473. The molecule has 0 aliphatic carbocycles. The van der Waals surface area contributed by atoms with E-state index in [9.17, 15) is 0 Å². The number of rotatable bonds is 0. The molecule has 1 heterocycles. The number of aliphatic hydroxyl groups is 1. The summed E-state index contributed by atoms with van der Waals surface area (Å²) in [6.07, 6.45) is 0.628. The minimum atomic E-state index is 0.361. The highest BCUT2D eigenvalue weighted by Gasteiger charge is 2.01. The number of hydrogen-bond donors (Lipinski definition) is 1. The van der Waals surface area contributed by atoms with Crippen molar-refractivity contribution < 1.29 is 9.95 Å². The molecule has 1 aliphatic rings. The molecule has 0 fully saturated rings. The van der Waals surface area contributed by atoms with Gasteiger partial charge in [-0.25, -0.2) is 0 Å². The predicted octanol–water partition coefficient (Wildman–Crippen LogP) is 0.278. The van der Waals surface area contributed by atoms with Crippen LogP contribution < -0.4 is 0 Å². The summed E-state index contributed by atoms with van der Waals surface area (Å²) in [5, 5.41) is 7.35. The van der Waals surface area contributed by atoms with Crippen molar-refractivity contribution in [3.63, 3.8) is 0 Å². The first kappa shape index (κ1) is 2.44. The van der Waals surface area contributed by atoms with Crippen LogP contribution in [0.15, 0.2) is 5.16 Å². The molecule has 0 aromatic rings. The SMILES string of the molecule is [2H]OC1=NOCC1. The minimum Gasteiger partial charge on any atom is -0.494 e. The van der Waals surface area contributed by atoms with Gasteiger partial charge in [0.15, 0.2) is 0 Å². The molecule has 3 nitrogen and oxygen atoms in total. The third kappa shape index (κ3) is 0.429. The standard InChI is InChI=1S/C3H5NO2/c5-3-1-2-6-4-3/h1-2H2,(H,4,5)/i/hD. The molecule has 1 aliphatic heterocycles. The lowest BCUT2D eigenvalue weighted by molar-refractivity contribution is 0.172. The van der Waals surface area contributed by atoms with Gasteiger partial charge in [0, 0.05) is 0 Å². The smallest absolute Gasteiger partial charge is 0.295 e. The van der Waals surface area contributed by atoms with E-state index in [-0.39, 0.29) is 0 Å². The van der Waals surface area contributed by atoms with Gasteiger partial charge >= 0.3 is 0 Å². The average Bonchev–Trinajstić information content (AvgIpc) is 2.14. The summed E-state index contributed by atoms with van der Waals surface area (Å²) in [6.45, 7) is 0.550. The Labute approximate surface area is 36.7 Å². The van der Waals surface area contributed by atoms with Crippen molar-refractivity contribution in [1.29, 1.82) is 1.43 Å². The molecule has 0 spiro atoms. The summed E-state index contributed by atoms with van der Waals surface area (Å²) >= 11 is 0. The van der Waals surface area contributed by atoms with Crippen LogP contribution in [0.4, 0.5) is 0 Å². The quantitative estimate of drug-likeness (QED) is 0.462. The van der Waals surface area contributed by atoms with Gasteiger partial charge in [-0.15, -0.1) is 0 Å². The van der Waals surface area contributed by atoms with Crippen molar-refractivity contribution in [2.24, 2.45) is 5.16 Å². The van der Waals surface area contributed by atoms with Crippen molar-refractivity contribution in [1.82, 2.24) is 0 Å². The van der Waals surface area contributed by atoms with Crippen molar-refractivity contribution in [3.8, 4) is 0 Å². The molecule has 0 amide bonds. The summed E-state index contributed by atoms with van der Waals surface area (Å²) in [7, 11) is 0. The molecule has 0 aromatic carbocycles. The fraction of sp³-hybridized carbons (Fsp3) is 0.667. The van der Waals surface area contributed by atoms with E-state index < -0.39 is 0 Å². The second-order valence-electron chi connectivity index (χ2n) is 1.07. The minimum absolute atomic E-state index is 0.361. The van der Waals surface area contributed by atoms with Crippen LogP contribution in [-0.4, -0.2) is 17.6 Å². The monoisotopic (exact) mass is 88.0 g/mol. The molecule has 1 rings (SSSR count). The van der Waals surface area contributed by atoms with Gasteiger partial charge in [0.1, 0.15) is 6.61 Å². The van der Waals surface area contributed by atoms with E-state index in [1.165, 1.54) is 0 Å². The molecule has 6 heavy (non-hydrogen) atoms. The Morgan fingerprint density at radius 1 is 2.17 bits per heavy atom. The van der Waals surface area contributed by atoms with E-state index >= 15 is 0 Å². The predicted molar refractivity (Wildman–Crippen MR) is 20.6 cm³/mol.